The van der Waals surface area contributed by atoms with E-state index < -0.39 is 0 Å². The summed E-state index contributed by atoms with van der Waals surface area (Å²) in [5.41, 5.74) is 0.271. The van der Waals surface area contributed by atoms with Crippen LogP contribution >= 0.6 is 12.2 Å². The maximum atomic E-state index is 10.8. The fraction of sp³-hybridized carbons (Fsp3) is 0.867. The highest BCUT2D eigenvalue weighted by Gasteiger charge is 2.51. The van der Waals surface area contributed by atoms with Crippen LogP contribution in [-0.2, 0) is 4.79 Å². The molecule has 0 aromatic heterocycles. The van der Waals surface area contributed by atoms with Gasteiger partial charge in [-0.05, 0) is 68.5 Å². The van der Waals surface area contributed by atoms with Gasteiger partial charge in [0, 0.05) is 25.6 Å². The molecule has 1 amide bonds. The molecule has 4 aliphatic rings. The van der Waals surface area contributed by atoms with Crippen LogP contribution in [0.15, 0.2) is 0 Å². The maximum absolute atomic E-state index is 10.8. The van der Waals surface area contributed by atoms with E-state index in [4.69, 9.17) is 12.2 Å². The summed E-state index contributed by atoms with van der Waals surface area (Å²) in [6.45, 7) is 2.85. The molecular formula is C15H25N3OS. The number of hydrogen-bond acceptors (Lipinski definition) is 2. The number of rotatable bonds is 4. The third kappa shape index (κ3) is 3.08. The summed E-state index contributed by atoms with van der Waals surface area (Å²) in [5, 5.41) is 10.4. The van der Waals surface area contributed by atoms with Gasteiger partial charge in [0.1, 0.15) is 0 Å². The van der Waals surface area contributed by atoms with Crippen molar-refractivity contribution in [2.45, 2.75) is 51.0 Å². The molecule has 0 saturated heterocycles. The Morgan fingerprint density at radius 2 is 1.55 bits per heavy atom. The predicted molar refractivity (Wildman–Crippen MR) is 83.3 cm³/mol. The molecular weight excluding hydrogens is 270 g/mol. The van der Waals surface area contributed by atoms with Gasteiger partial charge >= 0.3 is 0 Å². The van der Waals surface area contributed by atoms with E-state index >= 15 is 0 Å². The Morgan fingerprint density at radius 1 is 1.05 bits per heavy atom. The van der Waals surface area contributed by atoms with Crippen molar-refractivity contribution >= 4 is 23.2 Å². The highest BCUT2D eigenvalue weighted by molar-refractivity contribution is 7.80. The van der Waals surface area contributed by atoms with Crippen LogP contribution in [0.25, 0.3) is 0 Å². The molecule has 0 heterocycles. The molecule has 3 N–H and O–H groups in total. The van der Waals surface area contributed by atoms with Crippen LogP contribution in [0, 0.1) is 17.8 Å². The van der Waals surface area contributed by atoms with Gasteiger partial charge in [0.05, 0.1) is 0 Å². The lowest BCUT2D eigenvalue weighted by Crippen LogP contribution is -2.61. The summed E-state index contributed by atoms with van der Waals surface area (Å²) in [7, 11) is 0. The van der Waals surface area contributed by atoms with Crippen LogP contribution in [0.2, 0.25) is 0 Å². The molecule has 0 aromatic rings. The second kappa shape index (κ2) is 5.51. The van der Waals surface area contributed by atoms with E-state index in [9.17, 15) is 4.79 Å². The Bertz CT molecular complexity index is 375. The summed E-state index contributed by atoms with van der Waals surface area (Å²) in [4.78, 5) is 10.8. The smallest absolute Gasteiger partial charge is 0.216 e. The Kier molecular flexibility index (Phi) is 3.89. The number of hydrogen-bond donors (Lipinski definition) is 3. The van der Waals surface area contributed by atoms with Gasteiger partial charge in [-0.2, -0.15) is 0 Å². The van der Waals surface area contributed by atoms with Crippen LogP contribution in [0.3, 0.4) is 0 Å². The van der Waals surface area contributed by atoms with Gasteiger partial charge in [-0.1, -0.05) is 0 Å². The first-order valence-corrected chi connectivity index (χ1v) is 8.26. The van der Waals surface area contributed by atoms with Crippen LogP contribution < -0.4 is 16.0 Å². The largest absolute Gasteiger partial charge is 0.361 e. The average molecular weight is 295 g/mol. The van der Waals surface area contributed by atoms with Crippen molar-refractivity contribution in [3.63, 3.8) is 0 Å². The third-order valence-corrected chi connectivity index (χ3v) is 5.45. The van der Waals surface area contributed by atoms with Crippen molar-refractivity contribution in [2.24, 2.45) is 17.8 Å². The van der Waals surface area contributed by atoms with Gasteiger partial charge in [0.2, 0.25) is 5.91 Å². The van der Waals surface area contributed by atoms with Crippen molar-refractivity contribution in [3.8, 4) is 0 Å². The molecule has 5 heteroatoms. The standard InChI is InChI=1S/C15H25N3OS/c1-10(19)16-2-3-17-14(20)18-15-7-11-4-12(8-15)6-13(5-11)9-15/h11-13H,2-9H2,1H3,(H,16,19)(H2,17,18,20). The van der Waals surface area contributed by atoms with E-state index in [0.29, 0.717) is 13.1 Å². The second-order valence-corrected chi connectivity index (χ2v) is 7.47. The lowest BCUT2D eigenvalue weighted by molar-refractivity contribution is -0.118. The van der Waals surface area contributed by atoms with Crippen LogP contribution in [-0.4, -0.2) is 29.6 Å². The molecule has 0 aliphatic heterocycles. The molecule has 0 aromatic carbocycles. The minimum absolute atomic E-state index is 0.00626. The van der Waals surface area contributed by atoms with Crippen molar-refractivity contribution in [1.82, 2.24) is 16.0 Å². The molecule has 112 valence electrons. The molecule has 4 nitrogen and oxygen atoms in total. The molecule has 0 spiro atoms. The number of nitrogens with one attached hydrogen (secondary N) is 3. The molecule has 4 saturated carbocycles. The maximum Gasteiger partial charge on any atom is 0.216 e. The van der Waals surface area contributed by atoms with Gasteiger partial charge in [-0.3, -0.25) is 4.79 Å². The minimum Gasteiger partial charge on any atom is -0.361 e. The normalized spacial score (nSPS) is 37.5. The van der Waals surface area contributed by atoms with Gasteiger partial charge < -0.3 is 16.0 Å². The molecule has 4 aliphatic carbocycles. The lowest BCUT2D eigenvalue weighted by Gasteiger charge is -2.57. The number of amides is 1. The minimum atomic E-state index is 0.00626. The fourth-order valence-electron chi connectivity index (χ4n) is 4.96. The van der Waals surface area contributed by atoms with Crippen LogP contribution in [0.1, 0.15) is 45.4 Å². The average Bonchev–Trinajstić information content (AvgIpc) is 2.32. The number of carbonyl (C=O) groups is 1. The monoisotopic (exact) mass is 295 g/mol. The summed E-state index contributed by atoms with van der Waals surface area (Å²) < 4.78 is 0. The van der Waals surface area contributed by atoms with E-state index in [2.05, 4.69) is 16.0 Å². The molecule has 4 fully saturated rings. The van der Waals surface area contributed by atoms with E-state index in [1.807, 2.05) is 0 Å². The summed E-state index contributed by atoms with van der Waals surface area (Å²) in [6.07, 6.45) is 8.24. The number of thiocarbonyl (C=S) groups is 1. The number of carbonyl (C=O) groups excluding carboxylic acids is 1. The quantitative estimate of drug-likeness (QED) is 0.544. The Morgan fingerprint density at radius 3 is 2.05 bits per heavy atom. The molecule has 4 rings (SSSR count). The summed E-state index contributed by atoms with van der Waals surface area (Å²) >= 11 is 5.43. The highest BCUT2D eigenvalue weighted by Crippen LogP contribution is 2.55. The second-order valence-electron chi connectivity index (χ2n) is 7.06. The Labute approximate surface area is 126 Å². The fourth-order valence-corrected chi connectivity index (χ4v) is 5.28. The van der Waals surface area contributed by atoms with Crippen molar-refractivity contribution in [1.29, 1.82) is 0 Å². The van der Waals surface area contributed by atoms with E-state index in [1.54, 1.807) is 0 Å². The summed E-state index contributed by atoms with van der Waals surface area (Å²) in [6, 6.07) is 0. The topological polar surface area (TPSA) is 53.2 Å². The van der Waals surface area contributed by atoms with Gasteiger partial charge in [-0.15, -0.1) is 0 Å². The molecule has 0 unspecified atom stereocenters. The lowest BCUT2D eigenvalue weighted by atomic mass is 9.53. The van der Waals surface area contributed by atoms with Crippen molar-refractivity contribution in [2.75, 3.05) is 13.1 Å². The SMILES string of the molecule is CC(=O)NCCNC(=S)NC12CC3CC(CC(C3)C1)C2. The van der Waals surface area contributed by atoms with Crippen molar-refractivity contribution < 1.29 is 4.79 Å². The molecule has 20 heavy (non-hydrogen) atoms. The Balaban J connectivity index is 1.47. The molecule has 4 bridgehead atoms. The first kappa shape index (κ1) is 14.1. The zero-order valence-corrected chi connectivity index (χ0v) is 13.0. The predicted octanol–water partition coefficient (Wildman–Crippen LogP) is 1.56. The zero-order valence-electron chi connectivity index (χ0n) is 12.2. The van der Waals surface area contributed by atoms with Gasteiger partial charge in [0.15, 0.2) is 5.11 Å². The van der Waals surface area contributed by atoms with E-state index in [1.165, 1.54) is 45.4 Å². The summed E-state index contributed by atoms with van der Waals surface area (Å²) in [5.74, 6) is 2.79. The Hall–Kier alpha value is -0.840. The van der Waals surface area contributed by atoms with E-state index in [0.717, 1.165) is 22.9 Å². The first-order valence-electron chi connectivity index (χ1n) is 7.85. The third-order valence-electron chi connectivity index (χ3n) is 5.20. The zero-order chi connectivity index (χ0) is 14.2. The van der Waals surface area contributed by atoms with Gasteiger partial charge in [-0.25, -0.2) is 0 Å². The van der Waals surface area contributed by atoms with Gasteiger partial charge in [0.25, 0.3) is 0 Å². The highest BCUT2D eigenvalue weighted by atomic mass is 32.1. The molecule has 0 atom stereocenters. The van der Waals surface area contributed by atoms with Crippen LogP contribution in [0.5, 0.6) is 0 Å². The van der Waals surface area contributed by atoms with Crippen LogP contribution in [0.4, 0.5) is 0 Å². The van der Waals surface area contributed by atoms with E-state index in [-0.39, 0.29) is 11.4 Å². The first-order chi connectivity index (χ1) is 9.55. The van der Waals surface area contributed by atoms with Crippen molar-refractivity contribution in [3.05, 3.63) is 0 Å². The molecule has 0 radical (unpaired) electrons.